The molecule has 0 saturated carbocycles. The Bertz CT molecular complexity index is 390. The maximum atomic E-state index is 11.2. The number of hydrogen-bond acceptors (Lipinski definition) is 2. The molecule has 0 bridgehead atoms. The summed E-state index contributed by atoms with van der Waals surface area (Å²) in [6, 6.07) is 8.31. The molecular formula is C13H15NO. The smallest absolute Gasteiger partial charge is 0.140 e. The summed E-state index contributed by atoms with van der Waals surface area (Å²) < 4.78 is 0. The molecule has 2 nitrogen and oxygen atoms in total. The second-order valence-electron chi connectivity index (χ2n) is 3.97. The zero-order valence-corrected chi connectivity index (χ0v) is 8.92. The van der Waals surface area contributed by atoms with Crippen LogP contribution in [0.3, 0.4) is 0 Å². The Kier molecular flexibility index (Phi) is 2.86. The van der Waals surface area contributed by atoms with E-state index in [1.165, 1.54) is 5.56 Å². The minimum absolute atomic E-state index is 0.326. The van der Waals surface area contributed by atoms with Crippen LogP contribution in [0.15, 0.2) is 30.0 Å². The molecule has 1 saturated heterocycles. The lowest BCUT2D eigenvalue weighted by Gasteiger charge is -2.15. The molecule has 1 N–H and O–H groups in total. The molecular weight excluding hydrogens is 186 g/mol. The Hall–Kier alpha value is -1.57. The molecule has 0 aromatic heterocycles. The van der Waals surface area contributed by atoms with Gasteiger partial charge in [0.1, 0.15) is 5.78 Å². The number of carbonyl (C=O) groups is 1. The van der Waals surface area contributed by atoms with E-state index in [1.54, 1.807) is 0 Å². The lowest BCUT2D eigenvalue weighted by atomic mass is 10.1. The lowest BCUT2D eigenvalue weighted by Crippen LogP contribution is -2.25. The van der Waals surface area contributed by atoms with Crippen molar-refractivity contribution in [3.63, 3.8) is 0 Å². The first-order valence-corrected chi connectivity index (χ1v) is 5.27. The second kappa shape index (κ2) is 4.30. The largest absolute Gasteiger partial charge is 0.388 e. The van der Waals surface area contributed by atoms with Crippen molar-refractivity contribution < 1.29 is 4.79 Å². The summed E-state index contributed by atoms with van der Waals surface area (Å²) in [5.41, 5.74) is 3.44. The number of aryl methyl sites for hydroxylation is 1. The van der Waals surface area contributed by atoms with Gasteiger partial charge in [0, 0.05) is 25.1 Å². The van der Waals surface area contributed by atoms with Crippen LogP contribution in [0.1, 0.15) is 24.0 Å². The third kappa shape index (κ3) is 2.69. The molecule has 0 unspecified atom stereocenters. The molecule has 0 spiro atoms. The third-order valence-corrected chi connectivity index (χ3v) is 2.56. The molecule has 1 aromatic carbocycles. The van der Waals surface area contributed by atoms with Crippen LogP contribution in [-0.2, 0) is 4.79 Å². The summed E-state index contributed by atoms with van der Waals surface area (Å²) in [5, 5.41) is 3.25. The first-order chi connectivity index (χ1) is 7.24. The van der Waals surface area contributed by atoms with E-state index in [9.17, 15) is 4.79 Å². The number of ketones is 1. The average molecular weight is 201 g/mol. The number of nitrogens with one attached hydrogen (secondary N) is 1. The summed E-state index contributed by atoms with van der Waals surface area (Å²) >= 11 is 0. The molecule has 1 heterocycles. The van der Waals surface area contributed by atoms with Gasteiger partial charge in [0.05, 0.1) is 0 Å². The van der Waals surface area contributed by atoms with E-state index in [2.05, 4.69) is 42.6 Å². The van der Waals surface area contributed by atoms with Gasteiger partial charge < -0.3 is 5.32 Å². The topological polar surface area (TPSA) is 29.1 Å². The van der Waals surface area contributed by atoms with Crippen molar-refractivity contribution in [2.45, 2.75) is 19.8 Å². The van der Waals surface area contributed by atoms with Gasteiger partial charge in [0.15, 0.2) is 0 Å². The van der Waals surface area contributed by atoms with Crippen LogP contribution in [0.2, 0.25) is 0 Å². The summed E-state index contributed by atoms with van der Waals surface area (Å²) in [7, 11) is 0. The monoisotopic (exact) mass is 201 g/mol. The minimum Gasteiger partial charge on any atom is -0.388 e. The number of allylic oxidation sites excluding steroid dienone is 1. The van der Waals surface area contributed by atoms with Crippen molar-refractivity contribution in [3.8, 4) is 0 Å². The van der Waals surface area contributed by atoms with Gasteiger partial charge in [0.25, 0.3) is 0 Å². The third-order valence-electron chi connectivity index (χ3n) is 2.56. The van der Waals surface area contributed by atoms with E-state index in [-0.39, 0.29) is 0 Å². The van der Waals surface area contributed by atoms with Crippen molar-refractivity contribution in [3.05, 3.63) is 41.1 Å². The van der Waals surface area contributed by atoms with Crippen LogP contribution in [0.5, 0.6) is 0 Å². The molecule has 15 heavy (non-hydrogen) atoms. The first-order valence-electron chi connectivity index (χ1n) is 5.27. The lowest BCUT2D eigenvalue weighted by molar-refractivity contribution is -0.119. The number of hydrogen-bond donors (Lipinski definition) is 1. The predicted molar refractivity (Wildman–Crippen MR) is 61.4 cm³/mol. The molecule has 1 aliphatic rings. The van der Waals surface area contributed by atoms with Crippen molar-refractivity contribution in [2.24, 2.45) is 0 Å². The van der Waals surface area contributed by atoms with Gasteiger partial charge in [-0.05, 0) is 18.6 Å². The summed E-state index contributed by atoms with van der Waals surface area (Å²) in [5.74, 6) is 0.326. The molecule has 0 aliphatic carbocycles. The summed E-state index contributed by atoms with van der Waals surface area (Å²) in [4.78, 5) is 11.2. The Morgan fingerprint density at radius 3 is 2.67 bits per heavy atom. The van der Waals surface area contributed by atoms with Crippen molar-refractivity contribution in [2.75, 3.05) is 6.54 Å². The molecule has 1 fully saturated rings. The standard InChI is InChI=1S/C13H15NO/c1-10-2-4-11(5-3-10)8-12-9-13(15)6-7-14-12/h2-5,8,14H,6-7,9H2,1H3/b12-8-. The van der Waals surface area contributed by atoms with Gasteiger partial charge in [0.2, 0.25) is 0 Å². The van der Waals surface area contributed by atoms with Crippen molar-refractivity contribution >= 4 is 11.9 Å². The van der Waals surface area contributed by atoms with Gasteiger partial charge in [-0.25, -0.2) is 0 Å². The predicted octanol–water partition coefficient (Wildman–Crippen LogP) is 2.29. The highest BCUT2D eigenvalue weighted by molar-refractivity contribution is 5.83. The van der Waals surface area contributed by atoms with Gasteiger partial charge in [-0.3, -0.25) is 4.79 Å². The fourth-order valence-electron chi connectivity index (χ4n) is 1.69. The van der Waals surface area contributed by atoms with Crippen LogP contribution in [0.4, 0.5) is 0 Å². The quantitative estimate of drug-likeness (QED) is 0.755. The van der Waals surface area contributed by atoms with Gasteiger partial charge in [-0.1, -0.05) is 29.8 Å². The highest BCUT2D eigenvalue weighted by Gasteiger charge is 2.11. The van der Waals surface area contributed by atoms with Crippen molar-refractivity contribution in [1.29, 1.82) is 0 Å². The number of carbonyl (C=O) groups excluding carboxylic acids is 1. The van der Waals surface area contributed by atoms with Gasteiger partial charge in [-0.15, -0.1) is 0 Å². The Balaban J connectivity index is 2.15. The van der Waals surface area contributed by atoms with E-state index in [0.29, 0.717) is 18.6 Å². The second-order valence-corrected chi connectivity index (χ2v) is 3.97. The van der Waals surface area contributed by atoms with E-state index in [1.807, 2.05) is 0 Å². The zero-order chi connectivity index (χ0) is 10.7. The van der Waals surface area contributed by atoms with Crippen molar-refractivity contribution in [1.82, 2.24) is 5.32 Å². The average Bonchev–Trinajstić information content (AvgIpc) is 2.22. The molecule has 78 valence electrons. The molecule has 2 rings (SSSR count). The van der Waals surface area contributed by atoms with E-state index in [0.717, 1.165) is 17.8 Å². The Labute approximate surface area is 90.0 Å². The Morgan fingerprint density at radius 2 is 2.00 bits per heavy atom. The normalized spacial score (nSPS) is 19.0. The molecule has 0 atom stereocenters. The number of Topliss-reactive ketones (excluding diaryl/α,β-unsaturated/α-hetero) is 1. The summed E-state index contributed by atoms with van der Waals surface area (Å²) in [6.07, 6.45) is 3.26. The van der Waals surface area contributed by atoms with Crippen LogP contribution < -0.4 is 5.32 Å². The van der Waals surface area contributed by atoms with Gasteiger partial charge >= 0.3 is 0 Å². The summed E-state index contributed by atoms with van der Waals surface area (Å²) in [6.45, 7) is 2.84. The SMILES string of the molecule is Cc1ccc(/C=C2/CC(=O)CCN2)cc1. The van der Waals surface area contributed by atoms with Crippen LogP contribution in [0, 0.1) is 6.92 Å². The highest BCUT2D eigenvalue weighted by Crippen LogP contribution is 2.12. The molecule has 0 amide bonds. The molecule has 2 heteroatoms. The van der Waals surface area contributed by atoms with Crippen LogP contribution >= 0.6 is 0 Å². The van der Waals surface area contributed by atoms with E-state index in [4.69, 9.17) is 0 Å². The zero-order valence-electron chi connectivity index (χ0n) is 8.92. The highest BCUT2D eigenvalue weighted by atomic mass is 16.1. The first kappa shape index (κ1) is 9.97. The van der Waals surface area contributed by atoms with Crippen LogP contribution in [0.25, 0.3) is 6.08 Å². The number of benzene rings is 1. The fourth-order valence-corrected chi connectivity index (χ4v) is 1.69. The molecule has 1 aromatic rings. The fraction of sp³-hybridized carbons (Fsp3) is 0.308. The maximum absolute atomic E-state index is 11.2. The minimum atomic E-state index is 0.326. The number of rotatable bonds is 1. The molecule has 1 aliphatic heterocycles. The van der Waals surface area contributed by atoms with E-state index < -0.39 is 0 Å². The van der Waals surface area contributed by atoms with Gasteiger partial charge in [-0.2, -0.15) is 0 Å². The number of piperidine rings is 1. The molecule has 0 radical (unpaired) electrons. The Morgan fingerprint density at radius 1 is 1.27 bits per heavy atom. The van der Waals surface area contributed by atoms with E-state index >= 15 is 0 Å². The van der Waals surface area contributed by atoms with Crippen LogP contribution in [-0.4, -0.2) is 12.3 Å². The maximum Gasteiger partial charge on any atom is 0.140 e.